The van der Waals surface area contributed by atoms with Crippen molar-refractivity contribution in [2.75, 3.05) is 15.8 Å². The minimum atomic E-state index is -3.82. The number of anilines is 2. The molecule has 0 aliphatic heterocycles. The molecule has 30 heavy (non-hydrogen) atoms. The lowest BCUT2D eigenvalue weighted by molar-refractivity contribution is -0.113. The number of rotatable bonds is 8. The first-order chi connectivity index (χ1) is 14.2. The van der Waals surface area contributed by atoms with Gasteiger partial charge in [-0.15, -0.1) is 10.2 Å². The van der Waals surface area contributed by atoms with Gasteiger partial charge in [-0.1, -0.05) is 29.4 Å². The third-order valence-electron chi connectivity index (χ3n) is 3.95. The minimum Gasteiger partial charge on any atom is -0.325 e. The van der Waals surface area contributed by atoms with Gasteiger partial charge in [0.05, 0.1) is 10.6 Å². The largest absolute Gasteiger partial charge is 0.325 e. The Labute approximate surface area is 184 Å². The molecule has 3 aromatic rings. The Morgan fingerprint density at radius 1 is 1.17 bits per heavy atom. The van der Waals surface area contributed by atoms with Gasteiger partial charge in [0.2, 0.25) is 5.91 Å². The summed E-state index contributed by atoms with van der Waals surface area (Å²) in [6.45, 7) is 4.00. The van der Waals surface area contributed by atoms with E-state index in [0.29, 0.717) is 21.6 Å². The summed E-state index contributed by atoms with van der Waals surface area (Å²) in [6, 6.07) is 12.5. The van der Waals surface area contributed by atoms with Gasteiger partial charge in [-0.2, -0.15) is 0 Å². The molecule has 0 aliphatic carbocycles. The molecule has 8 nitrogen and oxygen atoms in total. The van der Waals surface area contributed by atoms with Crippen molar-refractivity contribution in [3.63, 3.8) is 0 Å². The molecular formula is C19H20ClN5O3S2. The predicted octanol–water partition coefficient (Wildman–Crippen LogP) is 4.04. The number of nitrogens with zero attached hydrogens (tertiary/aromatic N) is 3. The first-order valence-electron chi connectivity index (χ1n) is 8.95. The normalized spacial score (nSPS) is 11.5. The number of carbonyl (C=O) groups is 1. The zero-order chi connectivity index (χ0) is 21.7. The molecule has 1 heterocycles. The van der Waals surface area contributed by atoms with Crippen molar-refractivity contribution < 1.29 is 13.2 Å². The van der Waals surface area contributed by atoms with Crippen molar-refractivity contribution in [3.05, 3.63) is 59.9 Å². The Hall–Kier alpha value is -2.56. The Morgan fingerprint density at radius 2 is 1.90 bits per heavy atom. The lowest BCUT2D eigenvalue weighted by Crippen LogP contribution is -2.16. The number of nitrogens with one attached hydrogen (secondary N) is 2. The second kappa shape index (κ2) is 9.50. The summed E-state index contributed by atoms with van der Waals surface area (Å²) in [7, 11) is -3.82. The van der Waals surface area contributed by atoms with E-state index in [1.165, 1.54) is 23.9 Å². The number of sulfonamides is 1. The fourth-order valence-corrected chi connectivity index (χ4v) is 4.56. The molecule has 0 saturated carbocycles. The van der Waals surface area contributed by atoms with Crippen molar-refractivity contribution in [2.45, 2.75) is 29.9 Å². The Morgan fingerprint density at radius 3 is 2.60 bits per heavy atom. The van der Waals surface area contributed by atoms with Crippen LogP contribution in [0.3, 0.4) is 0 Å². The molecule has 1 amide bonds. The van der Waals surface area contributed by atoms with Crippen molar-refractivity contribution in [2.24, 2.45) is 0 Å². The van der Waals surface area contributed by atoms with Gasteiger partial charge in [-0.05, 0) is 56.3 Å². The summed E-state index contributed by atoms with van der Waals surface area (Å²) in [6.07, 6.45) is 1.62. The second-order valence-corrected chi connectivity index (χ2v) is 9.65. The fourth-order valence-electron chi connectivity index (χ4n) is 2.49. The number of carbonyl (C=O) groups excluding carboxylic acids is 1. The van der Waals surface area contributed by atoms with E-state index in [1.54, 1.807) is 42.7 Å². The molecule has 0 bridgehead atoms. The van der Waals surface area contributed by atoms with Crippen LogP contribution in [0.4, 0.5) is 11.4 Å². The Balaban J connectivity index is 1.65. The summed E-state index contributed by atoms with van der Waals surface area (Å²) >= 11 is 7.08. The molecule has 0 spiro atoms. The molecule has 0 fully saturated rings. The molecule has 0 radical (unpaired) electrons. The lowest BCUT2D eigenvalue weighted by Gasteiger charge is -2.11. The number of hydrogen-bond donors (Lipinski definition) is 2. The van der Waals surface area contributed by atoms with Crippen LogP contribution >= 0.6 is 23.4 Å². The molecule has 2 N–H and O–H groups in total. The molecule has 2 aromatic carbocycles. The number of benzene rings is 2. The summed E-state index contributed by atoms with van der Waals surface area (Å²) < 4.78 is 29.6. The smallest absolute Gasteiger partial charge is 0.261 e. The van der Waals surface area contributed by atoms with Gasteiger partial charge in [-0.3, -0.25) is 9.52 Å². The third-order valence-corrected chi connectivity index (χ3v) is 6.54. The maximum Gasteiger partial charge on any atom is 0.261 e. The maximum atomic E-state index is 12.6. The highest BCUT2D eigenvalue weighted by Gasteiger charge is 2.16. The van der Waals surface area contributed by atoms with Crippen molar-refractivity contribution >= 4 is 50.7 Å². The SMILES string of the molecule is CC(C)n1cnnc1SCC(=O)Nc1cccc(S(=O)(=O)Nc2ccc(Cl)cc2)c1. The molecule has 0 saturated heterocycles. The number of aromatic nitrogens is 3. The minimum absolute atomic E-state index is 0.0300. The van der Waals surface area contributed by atoms with Crippen molar-refractivity contribution in [3.8, 4) is 0 Å². The van der Waals surface area contributed by atoms with Crippen LogP contribution in [0.2, 0.25) is 5.02 Å². The highest BCUT2D eigenvalue weighted by Crippen LogP contribution is 2.22. The Bertz CT molecular complexity index is 1130. The fraction of sp³-hybridized carbons (Fsp3) is 0.211. The molecule has 0 atom stereocenters. The van der Waals surface area contributed by atoms with Crippen LogP contribution in [0.1, 0.15) is 19.9 Å². The third kappa shape index (κ3) is 5.74. The zero-order valence-corrected chi connectivity index (χ0v) is 18.6. The number of thioether (sulfide) groups is 1. The van der Waals surface area contributed by atoms with E-state index >= 15 is 0 Å². The number of amides is 1. The standard InChI is InChI=1S/C19H20ClN5O3S2/c1-13(2)25-12-21-23-19(25)29-11-18(26)22-16-4-3-5-17(10-16)30(27,28)24-15-8-6-14(20)7-9-15/h3-10,12-13,24H,11H2,1-2H3,(H,22,26). The van der Waals surface area contributed by atoms with Crippen molar-refractivity contribution in [1.29, 1.82) is 0 Å². The number of hydrogen-bond acceptors (Lipinski definition) is 6. The molecule has 11 heteroatoms. The van der Waals surface area contributed by atoms with Gasteiger partial charge in [0.1, 0.15) is 6.33 Å². The monoisotopic (exact) mass is 465 g/mol. The molecule has 0 unspecified atom stereocenters. The van der Waals surface area contributed by atoms with Gasteiger partial charge in [0.15, 0.2) is 5.16 Å². The average molecular weight is 466 g/mol. The number of halogens is 1. The van der Waals surface area contributed by atoms with Crippen LogP contribution in [-0.2, 0) is 14.8 Å². The zero-order valence-electron chi connectivity index (χ0n) is 16.2. The van der Waals surface area contributed by atoms with Crippen LogP contribution in [0.5, 0.6) is 0 Å². The van der Waals surface area contributed by atoms with Crippen LogP contribution in [0.15, 0.2) is 64.9 Å². The van der Waals surface area contributed by atoms with Gasteiger partial charge in [-0.25, -0.2) is 8.42 Å². The quantitative estimate of drug-likeness (QED) is 0.486. The van der Waals surface area contributed by atoms with Crippen molar-refractivity contribution in [1.82, 2.24) is 14.8 Å². The van der Waals surface area contributed by atoms with E-state index in [0.717, 1.165) is 0 Å². The van der Waals surface area contributed by atoms with E-state index in [-0.39, 0.29) is 22.6 Å². The van der Waals surface area contributed by atoms with Crippen LogP contribution in [-0.4, -0.2) is 34.8 Å². The van der Waals surface area contributed by atoms with Crippen LogP contribution in [0.25, 0.3) is 0 Å². The molecule has 158 valence electrons. The highest BCUT2D eigenvalue weighted by atomic mass is 35.5. The van der Waals surface area contributed by atoms with Gasteiger partial charge in [0.25, 0.3) is 10.0 Å². The molecule has 0 aliphatic rings. The summed E-state index contributed by atoms with van der Waals surface area (Å²) in [4.78, 5) is 12.3. The van der Waals surface area contributed by atoms with Crippen LogP contribution < -0.4 is 10.0 Å². The van der Waals surface area contributed by atoms with Gasteiger partial charge in [0, 0.05) is 22.4 Å². The predicted molar refractivity (Wildman–Crippen MR) is 118 cm³/mol. The first-order valence-corrected chi connectivity index (χ1v) is 11.8. The summed E-state index contributed by atoms with van der Waals surface area (Å²) in [5.74, 6) is -0.163. The van der Waals surface area contributed by atoms with E-state index in [9.17, 15) is 13.2 Å². The maximum absolute atomic E-state index is 12.6. The molecular weight excluding hydrogens is 446 g/mol. The summed E-state index contributed by atoms with van der Waals surface area (Å²) in [5, 5.41) is 11.7. The summed E-state index contributed by atoms with van der Waals surface area (Å²) in [5.41, 5.74) is 0.768. The van der Waals surface area contributed by atoms with E-state index in [2.05, 4.69) is 20.2 Å². The molecule has 3 rings (SSSR count). The van der Waals surface area contributed by atoms with Gasteiger partial charge >= 0.3 is 0 Å². The van der Waals surface area contributed by atoms with E-state index < -0.39 is 10.0 Å². The average Bonchev–Trinajstić information content (AvgIpc) is 3.17. The highest BCUT2D eigenvalue weighted by molar-refractivity contribution is 7.99. The second-order valence-electron chi connectivity index (χ2n) is 6.59. The topological polar surface area (TPSA) is 106 Å². The molecule has 1 aromatic heterocycles. The van der Waals surface area contributed by atoms with E-state index in [1.807, 2.05) is 18.4 Å². The Kier molecular flexibility index (Phi) is 7.01. The van der Waals surface area contributed by atoms with E-state index in [4.69, 9.17) is 11.6 Å². The van der Waals surface area contributed by atoms with Crippen LogP contribution in [0, 0.1) is 0 Å². The first kappa shape index (κ1) is 22.1. The lowest BCUT2D eigenvalue weighted by atomic mass is 10.3. The van der Waals surface area contributed by atoms with Gasteiger partial charge < -0.3 is 9.88 Å².